The summed E-state index contributed by atoms with van der Waals surface area (Å²) in [7, 11) is 1.50. The van der Waals surface area contributed by atoms with Crippen LogP contribution < -0.4 is 0 Å². The van der Waals surface area contributed by atoms with Gasteiger partial charge in [0.25, 0.3) is 9.05 Å². The van der Waals surface area contributed by atoms with Crippen molar-refractivity contribution in [1.82, 2.24) is 0 Å². The van der Waals surface area contributed by atoms with E-state index in [1.165, 1.54) is 6.07 Å². The average Bonchev–Trinajstić information content (AvgIpc) is 2.30. The molecule has 0 heterocycles. The molecule has 0 atom stereocenters. The lowest BCUT2D eigenvalue weighted by Crippen LogP contribution is -2.10. The van der Waals surface area contributed by atoms with Gasteiger partial charge in [-0.2, -0.15) is 0 Å². The van der Waals surface area contributed by atoms with Crippen LogP contribution in [0.3, 0.4) is 0 Å². The Morgan fingerprint density at radius 1 is 1.30 bits per heavy atom. The Kier molecular flexibility index (Phi) is 5.59. The highest BCUT2D eigenvalue weighted by Crippen LogP contribution is 2.24. The Labute approximate surface area is 124 Å². The minimum Gasteiger partial charge on any atom is -0.462 e. The fourth-order valence-electron chi connectivity index (χ4n) is 1.67. The summed E-state index contributed by atoms with van der Waals surface area (Å²) in [4.78, 5) is 11.9. The Balaban J connectivity index is 3.03. The molecular formula is C14H19ClO4S. The number of aryl methyl sites for hydroxylation is 1. The molecule has 0 N–H and O–H groups in total. The van der Waals surface area contributed by atoms with Gasteiger partial charge in [0.05, 0.1) is 17.1 Å². The monoisotopic (exact) mass is 318 g/mol. The molecule has 1 aromatic carbocycles. The van der Waals surface area contributed by atoms with Crippen LogP contribution in [-0.2, 0) is 13.8 Å². The van der Waals surface area contributed by atoms with Crippen molar-refractivity contribution in [3.05, 3.63) is 28.8 Å². The number of halogens is 1. The van der Waals surface area contributed by atoms with Crippen molar-refractivity contribution in [1.29, 1.82) is 0 Å². The molecule has 4 nitrogen and oxygen atoms in total. The summed E-state index contributed by atoms with van der Waals surface area (Å²) in [5, 5.41) is 0. The first-order valence-corrected chi connectivity index (χ1v) is 8.67. The number of benzene rings is 1. The van der Waals surface area contributed by atoms with Crippen molar-refractivity contribution in [3.8, 4) is 0 Å². The first kappa shape index (κ1) is 17.0. The van der Waals surface area contributed by atoms with Crippen LogP contribution in [0.1, 0.15) is 41.8 Å². The second-order valence-electron chi connectivity index (χ2n) is 5.17. The van der Waals surface area contributed by atoms with Crippen LogP contribution in [0.25, 0.3) is 0 Å². The van der Waals surface area contributed by atoms with Gasteiger partial charge >= 0.3 is 5.97 Å². The van der Waals surface area contributed by atoms with Gasteiger partial charge in [0.2, 0.25) is 0 Å². The zero-order chi connectivity index (χ0) is 15.5. The molecule has 0 radical (unpaired) electrons. The second kappa shape index (κ2) is 6.59. The van der Waals surface area contributed by atoms with Gasteiger partial charge in [0.1, 0.15) is 0 Å². The Bertz CT molecular complexity index is 606. The van der Waals surface area contributed by atoms with Gasteiger partial charge in [-0.05, 0) is 49.4 Å². The van der Waals surface area contributed by atoms with E-state index in [4.69, 9.17) is 15.4 Å². The van der Waals surface area contributed by atoms with E-state index in [-0.39, 0.29) is 10.5 Å². The summed E-state index contributed by atoms with van der Waals surface area (Å²) in [6.07, 6.45) is 0.761. The van der Waals surface area contributed by atoms with Gasteiger partial charge < -0.3 is 4.74 Å². The topological polar surface area (TPSA) is 60.4 Å². The molecule has 112 valence electrons. The SMILES string of the molecule is Cc1cc(C(=O)OCCC(C)C)cc(S(=O)(=O)Cl)c1C. The van der Waals surface area contributed by atoms with Gasteiger partial charge in [0.15, 0.2) is 0 Å². The summed E-state index contributed by atoms with van der Waals surface area (Å²) in [5.74, 6) is -0.100. The van der Waals surface area contributed by atoms with Crippen LogP contribution in [0.5, 0.6) is 0 Å². The van der Waals surface area contributed by atoms with Crippen LogP contribution in [0.4, 0.5) is 0 Å². The number of hydrogen-bond acceptors (Lipinski definition) is 4. The van der Waals surface area contributed by atoms with Gasteiger partial charge in [-0.25, -0.2) is 13.2 Å². The van der Waals surface area contributed by atoms with Gasteiger partial charge in [-0.1, -0.05) is 13.8 Å². The molecule has 0 amide bonds. The molecule has 0 fully saturated rings. The van der Waals surface area contributed by atoms with Crippen LogP contribution in [0.15, 0.2) is 17.0 Å². The minimum atomic E-state index is -3.88. The molecule has 20 heavy (non-hydrogen) atoms. The molecule has 1 aromatic rings. The molecule has 0 bridgehead atoms. The average molecular weight is 319 g/mol. The van der Waals surface area contributed by atoms with Gasteiger partial charge in [0, 0.05) is 10.7 Å². The molecule has 1 rings (SSSR count). The van der Waals surface area contributed by atoms with Crippen molar-refractivity contribution in [3.63, 3.8) is 0 Å². The van der Waals surface area contributed by atoms with Crippen molar-refractivity contribution in [2.75, 3.05) is 6.61 Å². The predicted octanol–water partition coefficient (Wildman–Crippen LogP) is 3.43. The maximum atomic E-state index is 11.9. The van der Waals surface area contributed by atoms with Crippen LogP contribution in [0, 0.1) is 19.8 Å². The van der Waals surface area contributed by atoms with E-state index >= 15 is 0 Å². The van der Waals surface area contributed by atoms with Crippen LogP contribution >= 0.6 is 10.7 Å². The maximum Gasteiger partial charge on any atom is 0.338 e. The normalized spacial score (nSPS) is 11.7. The highest BCUT2D eigenvalue weighted by molar-refractivity contribution is 8.13. The third kappa shape index (κ3) is 4.49. The first-order chi connectivity index (χ1) is 9.12. The lowest BCUT2D eigenvalue weighted by Gasteiger charge is -2.10. The standard InChI is InChI=1S/C14H19ClO4S/c1-9(2)5-6-19-14(16)12-7-10(3)11(4)13(8-12)20(15,17)18/h7-9H,5-6H2,1-4H3. The molecule has 6 heteroatoms. The Morgan fingerprint density at radius 2 is 1.90 bits per heavy atom. The number of carbonyl (C=O) groups excluding carboxylic acids is 1. The fraction of sp³-hybridized carbons (Fsp3) is 0.500. The number of hydrogen-bond donors (Lipinski definition) is 0. The van der Waals surface area contributed by atoms with E-state index in [0.717, 1.165) is 6.42 Å². The van der Waals surface area contributed by atoms with Gasteiger partial charge in [-0.15, -0.1) is 0 Å². The second-order valence-corrected chi connectivity index (χ2v) is 7.71. The smallest absolute Gasteiger partial charge is 0.338 e. The number of ether oxygens (including phenoxy) is 1. The summed E-state index contributed by atoms with van der Waals surface area (Å²) < 4.78 is 28.1. The highest BCUT2D eigenvalue weighted by atomic mass is 35.7. The number of rotatable bonds is 5. The Morgan fingerprint density at radius 3 is 2.40 bits per heavy atom. The molecule has 0 aliphatic carbocycles. The van der Waals surface area contributed by atoms with Crippen molar-refractivity contribution < 1.29 is 17.9 Å². The quantitative estimate of drug-likeness (QED) is 0.616. The van der Waals surface area contributed by atoms with E-state index in [1.807, 2.05) is 13.8 Å². The summed E-state index contributed by atoms with van der Waals surface area (Å²) >= 11 is 0. The van der Waals surface area contributed by atoms with Crippen LogP contribution in [0.2, 0.25) is 0 Å². The number of carbonyl (C=O) groups is 1. The molecule has 0 aliphatic rings. The summed E-state index contributed by atoms with van der Waals surface area (Å²) in [5.41, 5.74) is 1.43. The molecule has 0 aromatic heterocycles. The van der Waals surface area contributed by atoms with Gasteiger partial charge in [-0.3, -0.25) is 0 Å². The van der Waals surface area contributed by atoms with Crippen molar-refractivity contribution in [2.24, 2.45) is 5.92 Å². The first-order valence-electron chi connectivity index (χ1n) is 6.36. The Hall–Kier alpha value is -1.07. The zero-order valence-electron chi connectivity index (χ0n) is 12.1. The predicted molar refractivity (Wildman–Crippen MR) is 78.7 cm³/mol. The van der Waals surface area contributed by atoms with Crippen LogP contribution in [-0.4, -0.2) is 21.0 Å². The van der Waals surface area contributed by atoms with E-state index in [0.29, 0.717) is 23.7 Å². The van der Waals surface area contributed by atoms with E-state index in [9.17, 15) is 13.2 Å². The number of esters is 1. The van der Waals surface area contributed by atoms with E-state index < -0.39 is 15.0 Å². The molecule has 0 aliphatic heterocycles. The van der Waals surface area contributed by atoms with Crippen molar-refractivity contribution >= 4 is 25.7 Å². The minimum absolute atomic E-state index is 0.0463. The molecule has 0 saturated carbocycles. The maximum absolute atomic E-state index is 11.9. The molecule has 0 unspecified atom stereocenters. The van der Waals surface area contributed by atoms with E-state index in [2.05, 4.69) is 0 Å². The van der Waals surface area contributed by atoms with E-state index in [1.54, 1.807) is 19.9 Å². The lowest BCUT2D eigenvalue weighted by molar-refractivity contribution is 0.0487. The van der Waals surface area contributed by atoms with Crippen molar-refractivity contribution in [2.45, 2.75) is 39.0 Å². The summed E-state index contributed by atoms with van der Waals surface area (Å²) in [6.45, 7) is 7.75. The zero-order valence-corrected chi connectivity index (χ0v) is 13.6. The fourth-order valence-corrected chi connectivity index (χ4v) is 2.94. The third-order valence-electron chi connectivity index (χ3n) is 3.05. The third-order valence-corrected chi connectivity index (χ3v) is 4.49. The molecular weight excluding hydrogens is 300 g/mol. The molecule has 0 spiro atoms. The summed E-state index contributed by atoms with van der Waals surface area (Å²) in [6, 6.07) is 2.88. The largest absolute Gasteiger partial charge is 0.462 e. The highest BCUT2D eigenvalue weighted by Gasteiger charge is 2.19. The molecule has 0 saturated heterocycles. The lowest BCUT2D eigenvalue weighted by atomic mass is 10.1.